The first-order chi connectivity index (χ1) is 15.4. The summed E-state index contributed by atoms with van der Waals surface area (Å²) in [7, 11) is 0. The summed E-state index contributed by atoms with van der Waals surface area (Å²) in [6.07, 6.45) is 1.66. The molecule has 0 aromatic heterocycles. The van der Waals surface area contributed by atoms with E-state index in [0.29, 0.717) is 32.9 Å². The summed E-state index contributed by atoms with van der Waals surface area (Å²) < 4.78 is 18.7. The third kappa shape index (κ3) is 5.15. The molecule has 0 saturated carbocycles. The summed E-state index contributed by atoms with van der Waals surface area (Å²) in [5.74, 6) is -0.0574. The summed E-state index contributed by atoms with van der Waals surface area (Å²) in [6, 6.07) is 18.2. The molecule has 1 aliphatic heterocycles. The first kappa shape index (κ1) is 22.4. The van der Waals surface area contributed by atoms with Crippen molar-refractivity contribution in [3.63, 3.8) is 0 Å². The molecule has 4 rings (SSSR count). The number of benzene rings is 3. The van der Waals surface area contributed by atoms with Crippen molar-refractivity contribution < 1.29 is 18.7 Å². The molecular formula is C24H16Cl2FNO3S. The van der Waals surface area contributed by atoms with Crippen LogP contribution in [0.2, 0.25) is 10.0 Å². The number of nitrogens with zero attached hydrogens (tertiary/aromatic N) is 1. The Bertz CT molecular complexity index is 1180. The van der Waals surface area contributed by atoms with E-state index in [1.54, 1.807) is 60.7 Å². The van der Waals surface area contributed by atoms with Crippen molar-refractivity contribution in [2.24, 2.45) is 0 Å². The van der Waals surface area contributed by atoms with E-state index in [4.69, 9.17) is 27.9 Å². The van der Waals surface area contributed by atoms with Crippen LogP contribution in [0.15, 0.2) is 71.6 Å². The van der Waals surface area contributed by atoms with E-state index in [1.165, 1.54) is 12.1 Å². The zero-order chi connectivity index (χ0) is 22.7. The minimum atomic E-state index is -0.396. The molecule has 1 fully saturated rings. The Kier molecular flexibility index (Phi) is 6.84. The monoisotopic (exact) mass is 487 g/mol. The molecule has 1 aliphatic rings. The average molecular weight is 488 g/mol. The minimum Gasteiger partial charge on any atom is -0.489 e. The Balaban J connectivity index is 1.42. The van der Waals surface area contributed by atoms with Gasteiger partial charge in [0.15, 0.2) is 0 Å². The average Bonchev–Trinajstić information content (AvgIpc) is 3.04. The molecule has 0 aliphatic carbocycles. The van der Waals surface area contributed by atoms with Crippen LogP contribution in [0.25, 0.3) is 6.08 Å². The van der Waals surface area contributed by atoms with Crippen LogP contribution in [0.1, 0.15) is 16.7 Å². The second kappa shape index (κ2) is 9.77. The van der Waals surface area contributed by atoms with Gasteiger partial charge in [-0.15, -0.1) is 0 Å². The van der Waals surface area contributed by atoms with E-state index in [0.717, 1.165) is 27.8 Å². The van der Waals surface area contributed by atoms with E-state index < -0.39 is 5.91 Å². The minimum absolute atomic E-state index is 0.0106. The highest BCUT2D eigenvalue weighted by Crippen LogP contribution is 2.35. The molecule has 0 atom stereocenters. The molecule has 162 valence electrons. The maximum absolute atomic E-state index is 13.0. The van der Waals surface area contributed by atoms with Gasteiger partial charge in [0.25, 0.3) is 11.1 Å². The van der Waals surface area contributed by atoms with E-state index in [-0.39, 0.29) is 17.6 Å². The lowest BCUT2D eigenvalue weighted by Crippen LogP contribution is -2.27. The van der Waals surface area contributed by atoms with Gasteiger partial charge in [-0.05, 0) is 65.4 Å². The van der Waals surface area contributed by atoms with Crippen molar-refractivity contribution in [2.45, 2.75) is 13.2 Å². The van der Waals surface area contributed by atoms with Crippen molar-refractivity contribution in [2.75, 3.05) is 0 Å². The van der Waals surface area contributed by atoms with Crippen LogP contribution in [0.5, 0.6) is 5.75 Å². The molecule has 3 aromatic carbocycles. The van der Waals surface area contributed by atoms with Crippen molar-refractivity contribution in [1.29, 1.82) is 0 Å². The summed E-state index contributed by atoms with van der Waals surface area (Å²) in [6.45, 7) is 0.319. The van der Waals surface area contributed by atoms with Gasteiger partial charge in [0.05, 0.1) is 11.4 Å². The topological polar surface area (TPSA) is 46.6 Å². The highest BCUT2D eigenvalue weighted by Gasteiger charge is 2.35. The lowest BCUT2D eigenvalue weighted by Gasteiger charge is -2.14. The molecule has 2 amide bonds. The van der Waals surface area contributed by atoms with Gasteiger partial charge in [-0.2, -0.15) is 0 Å². The van der Waals surface area contributed by atoms with Gasteiger partial charge >= 0.3 is 0 Å². The van der Waals surface area contributed by atoms with E-state index in [1.807, 2.05) is 0 Å². The number of amides is 2. The Morgan fingerprint density at radius 3 is 2.25 bits per heavy atom. The zero-order valence-corrected chi connectivity index (χ0v) is 18.9. The SMILES string of the molecule is O=C1S/C(=C/c2ccc(OCc3ccc(F)cc3)cc2)C(=O)N1Cc1c(Cl)cccc1Cl. The van der Waals surface area contributed by atoms with Crippen LogP contribution in [-0.4, -0.2) is 16.0 Å². The molecule has 1 saturated heterocycles. The molecule has 4 nitrogen and oxygen atoms in total. The van der Waals surface area contributed by atoms with Crippen LogP contribution in [0.4, 0.5) is 9.18 Å². The molecule has 0 N–H and O–H groups in total. The number of imide groups is 1. The molecule has 0 unspecified atom stereocenters. The summed E-state index contributed by atoms with van der Waals surface area (Å²) in [5.41, 5.74) is 2.13. The fourth-order valence-corrected chi connectivity index (χ4v) is 4.39. The summed E-state index contributed by atoms with van der Waals surface area (Å²) in [5, 5.41) is 0.421. The fourth-order valence-electron chi connectivity index (χ4n) is 3.04. The van der Waals surface area contributed by atoms with E-state index >= 15 is 0 Å². The van der Waals surface area contributed by atoms with E-state index in [9.17, 15) is 14.0 Å². The highest BCUT2D eigenvalue weighted by atomic mass is 35.5. The predicted octanol–water partition coefficient (Wildman–Crippen LogP) is 6.95. The van der Waals surface area contributed by atoms with Crippen molar-refractivity contribution in [3.8, 4) is 5.75 Å². The van der Waals surface area contributed by atoms with Crippen LogP contribution in [-0.2, 0) is 17.9 Å². The molecule has 8 heteroatoms. The molecule has 32 heavy (non-hydrogen) atoms. The van der Waals surface area contributed by atoms with Gasteiger partial charge in [0.1, 0.15) is 18.2 Å². The Hall–Kier alpha value is -2.80. The van der Waals surface area contributed by atoms with Crippen molar-refractivity contribution in [3.05, 3.63) is 104 Å². The maximum atomic E-state index is 13.0. The predicted molar refractivity (Wildman–Crippen MR) is 125 cm³/mol. The second-order valence-electron chi connectivity index (χ2n) is 6.95. The standard InChI is InChI=1S/C24H16Cl2FNO3S/c25-20-2-1-3-21(26)19(20)13-28-23(29)22(32-24(28)30)12-15-6-10-18(11-7-15)31-14-16-4-8-17(27)9-5-16/h1-12H,13-14H2/b22-12+. The van der Waals surface area contributed by atoms with Gasteiger partial charge < -0.3 is 4.74 Å². The highest BCUT2D eigenvalue weighted by molar-refractivity contribution is 8.18. The Morgan fingerprint density at radius 2 is 1.59 bits per heavy atom. The summed E-state index contributed by atoms with van der Waals surface area (Å²) >= 11 is 13.2. The van der Waals surface area contributed by atoms with Crippen LogP contribution < -0.4 is 4.74 Å². The van der Waals surface area contributed by atoms with Gasteiger partial charge in [-0.1, -0.05) is 53.5 Å². The summed E-state index contributed by atoms with van der Waals surface area (Å²) in [4.78, 5) is 26.6. The van der Waals surface area contributed by atoms with Crippen LogP contribution in [0, 0.1) is 5.82 Å². The second-order valence-corrected chi connectivity index (χ2v) is 8.76. The molecule has 0 spiro atoms. The smallest absolute Gasteiger partial charge is 0.293 e. The number of hydrogen-bond donors (Lipinski definition) is 0. The number of halogens is 3. The largest absolute Gasteiger partial charge is 0.489 e. The van der Waals surface area contributed by atoms with Crippen LogP contribution in [0.3, 0.4) is 0 Å². The zero-order valence-electron chi connectivity index (χ0n) is 16.6. The first-order valence-corrected chi connectivity index (χ1v) is 11.1. The number of carbonyl (C=O) groups excluding carboxylic acids is 2. The molecule has 0 radical (unpaired) electrons. The fraction of sp³-hybridized carbons (Fsp3) is 0.0833. The Morgan fingerprint density at radius 1 is 0.938 bits per heavy atom. The molecule has 1 heterocycles. The molecule has 3 aromatic rings. The third-order valence-corrected chi connectivity index (χ3v) is 6.36. The third-order valence-electron chi connectivity index (χ3n) is 4.75. The number of hydrogen-bond acceptors (Lipinski definition) is 4. The number of thioether (sulfide) groups is 1. The number of rotatable bonds is 6. The van der Waals surface area contributed by atoms with Gasteiger partial charge in [0.2, 0.25) is 0 Å². The number of ether oxygens (including phenoxy) is 1. The van der Waals surface area contributed by atoms with Crippen molar-refractivity contribution >= 4 is 52.2 Å². The van der Waals surface area contributed by atoms with E-state index in [2.05, 4.69) is 0 Å². The Labute approximate surface area is 198 Å². The lowest BCUT2D eigenvalue weighted by molar-refractivity contribution is -0.123. The first-order valence-electron chi connectivity index (χ1n) is 9.56. The number of carbonyl (C=O) groups is 2. The molecular weight excluding hydrogens is 472 g/mol. The van der Waals surface area contributed by atoms with Gasteiger partial charge in [-0.3, -0.25) is 14.5 Å². The normalized spacial score (nSPS) is 15.0. The lowest BCUT2D eigenvalue weighted by atomic mass is 10.2. The maximum Gasteiger partial charge on any atom is 0.293 e. The van der Waals surface area contributed by atoms with Crippen molar-refractivity contribution in [1.82, 2.24) is 4.90 Å². The quantitative estimate of drug-likeness (QED) is 0.353. The van der Waals surface area contributed by atoms with Gasteiger partial charge in [-0.25, -0.2) is 4.39 Å². The van der Waals surface area contributed by atoms with Gasteiger partial charge in [0, 0.05) is 15.6 Å². The molecule has 0 bridgehead atoms. The van der Waals surface area contributed by atoms with Crippen LogP contribution >= 0.6 is 35.0 Å².